The van der Waals surface area contributed by atoms with Gasteiger partial charge in [0.25, 0.3) is 0 Å². The second-order valence-electron chi connectivity index (χ2n) is 6.98. The molecule has 0 saturated carbocycles. The molecule has 0 saturated heterocycles. The van der Waals surface area contributed by atoms with E-state index in [9.17, 15) is 4.79 Å². The van der Waals surface area contributed by atoms with Crippen molar-refractivity contribution in [1.82, 2.24) is 5.32 Å². The highest BCUT2D eigenvalue weighted by Gasteiger charge is 2.18. The van der Waals surface area contributed by atoms with Crippen LogP contribution in [0.25, 0.3) is 11.0 Å². The maximum Gasteiger partial charge on any atom is 0.225 e. The van der Waals surface area contributed by atoms with Gasteiger partial charge in [0, 0.05) is 17.0 Å². The van der Waals surface area contributed by atoms with Crippen molar-refractivity contribution in [2.24, 2.45) is 0 Å². The monoisotopic (exact) mass is 401 g/mol. The zero-order valence-corrected chi connectivity index (χ0v) is 16.9. The molecule has 5 heteroatoms. The van der Waals surface area contributed by atoms with Crippen LogP contribution in [-0.2, 0) is 11.2 Å². The lowest BCUT2D eigenvalue weighted by molar-refractivity contribution is -0.120. The van der Waals surface area contributed by atoms with Crippen LogP contribution in [0.3, 0.4) is 0 Å². The fourth-order valence-corrected chi connectivity index (χ4v) is 3.51. The lowest BCUT2D eigenvalue weighted by Gasteiger charge is -2.20. The van der Waals surface area contributed by atoms with E-state index < -0.39 is 0 Å². The van der Waals surface area contributed by atoms with Gasteiger partial charge >= 0.3 is 0 Å². The largest absolute Gasteiger partial charge is 0.497 e. The molecule has 30 heavy (non-hydrogen) atoms. The second-order valence-corrected chi connectivity index (χ2v) is 6.98. The van der Waals surface area contributed by atoms with Crippen molar-refractivity contribution in [3.05, 3.63) is 95.7 Å². The number of rotatable bonds is 7. The van der Waals surface area contributed by atoms with Gasteiger partial charge in [-0.25, -0.2) is 0 Å². The third-order valence-corrected chi connectivity index (χ3v) is 5.10. The maximum absolute atomic E-state index is 13.0. The van der Waals surface area contributed by atoms with E-state index in [1.165, 1.54) is 0 Å². The van der Waals surface area contributed by atoms with Crippen LogP contribution >= 0.6 is 0 Å². The van der Waals surface area contributed by atoms with Crippen LogP contribution in [0.1, 0.15) is 22.7 Å². The molecule has 1 N–H and O–H groups in total. The van der Waals surface area contributed by atoms with Gasteiger partial charge in [0.1, 0.15) is 17.1 Å². The van der Waals surface area contributed by atoms with E-state index in [0.717, 1.165) is 33.6 Å². The molecule has 0 aliphatic heterocycles. The van der Waals surface area contributed by atoms with Crippen LogP contribution in [0.15, 0.2) is 83.5 Å². The average Bonchev–Trinajstić information content (AvgIpc) is 3.20. The molecule has 1 atom stereocenters. The minimum atomic E-state index is -0.261. The summed E-state index contributed by atoms with van der Waals surface area (Å²) in [7, 11) is 3.25. The van der Waals surface area contributed by atoms with Crippen LogP contribution < -0.4 is 14.8 Å². The number of furan rings is 1. The Morgan fingerprint density at radius 3 is 2.27 bits per heavy atom. The minimum absolute atomic E-state index is 0.0850. The van der Waals surface area contributed by atoms with E-state index >= 15 is 0 Å². The van der Waals surface area contributed by atoms with Gasteiger partial charge in [0.2, 0.25) is 5.91 Å². The normalized spacial score (nSPS) is 11.8. The van der Waals surface area contributed by atoms with Crippen molar-refractivity contribution >= 4 is 16.9 Å². The van der Waals surface area contributed by atoms with Gasteiger partial charge in [0.05, 0.1) is 32.9 Å². The predicted octanol–water partition coefficient (Wildman–Crippen LogP) is 4.90. The molecular weight excluding hydrogens is 378 g/mol. The summed E-state index contributed by atoms with van der Waals surface area (Å²) in [4.78, 5) is 13.0. The summed E-state index contributed by atoms with van der Waals surface area (Å²) in [6, 6.07) is 23.0. The predicted molar refractivity (Wildman–Crippen MR) is 116 cm³/mol. The number of methoxy groups -OCH3 is 2. The molecule has 0 aliphatic rings. The smallest absolute Gasteiger partial charge is 0.225 e. The quantitative estimate of drug-likeness (QED) is 0.479. The first-order valence-corrected chi connectivity index (χ1v) is 9.70. The molecular formula is C25H23NO4. The summed E-state index contributed by atoms with van der Waals surface area (Å²) in [6.45, 7) is 0. The number of hydrogen-bond acceptors (Lipinski definition) is 4. The third-order valence-electron chi connectivity index (χ3n) is 5.10. The molecule has 0 spiro atoms. The second kappa shape index (κ2) is 8.74. The summed E-state index contributed by atoms with van der Waals surface area (Å²) >= 11 is 0. The highest BCUT2D eigenvalue weighted by molar-refractivity contribution is 5.88. The number of fused-ring (bicyclic) bond motifs is 1. The number of hydrogen-bond donors (Lipinski definition) is 1. The van der Waals surface area contributed by atoms with Gasteiger partial charge in [-0.05, 0) is 35.4 Å². The first-order chi connectivity index (χ1) is 14.7. The third kappa shape index (κ3) is 4.15. The van der Waals surface area contributed by atoms with Crippen LogP contribution in [0.4, 0.5) is 0 Å². The van der Waals surface area contributed by atoms with E-state index in [4.69, 9.17) is 13.9 Å². The first-order valence-electron chi connectivity index (χ1n) is 9.70. The van der Waals surface area contributed by atoms with E-state index in [0.29, 0.717) is 5.58 Å². The molecule has 4 rings (SSSR count). The fourth-order valence-electron chi connectivity index (χ4n) is 3.51. The number of carbonyl (C=O) groups is 1. The molecule has 1 amide bonds. The van der Waals surface area contributed by atoms with Crippen molar-refractivity contribution in [2.75, 3.05) is 14.2 Å². The molecule has 5 nitrogen and oxygen atoms in total. The number of ether oxygens (including phenoxy) is 2. The molecule has 0 radical (unpaired) electrons. The molecule has 0 fully saturated rings. The van der Waals surface area contributed by atoms with Crippen molar-refractivity contribution in [2.45, 2.75) is 12.5 Å². The van der Waals surface area contributed by atoms with Gasteiger partial charge in [-0.15, -0.1) is 0 Å². The van der Waals surface area contributed by atoms with Crippen LogP contribution in [0.5, 0.6) is 11.5 Å². The van der Waals surface area contributed by atoms with E-state index in [2.05, 4.69) is 5.32 Å². The van der Waals surface area contributed by atoms with Gasteiger partial charge in [-0.1, -0.05) is 42.5 Å². The molecule has 0 aliphatic carbocycles. The molecule has 1 heterocycles. The molecule has 0 bridgehead atoms. The number of nitrogens with one attached hydrogen (secondary N) is 1. The van der Waals surface area contributed by atoms with Crippen LogP contribution in [0, 0.1) is 0 Å². The van der Waals surface area contributed by atoms with Crippen molar-refractivity contribution < 1.29 is 18.7 Å². The Balaban J connectivity index is 1.57. The number of benzene rings is 3. The Morgan fingerprint density at radius 2 is 1.57 bits per heavy atom. The summed E-state index contributed by atoms with van der Waals surface area (Å²) in [6.07, 6.45) is 1.85. The standard InChI is InChI=1S/C25H23NO4/c1-28-20-10-8-18(9-11-20)25(17-6-4-3-5-7-17)26-24(27)14-19-16-30-23-15-21(29-2)12-13-22(19)23/h3-13,15-16,25H,14H2,1-2H3,(H,26,27)/t25-/m1/s1. The maximum atomic E-state index is 13.0. The first kappa shape index (κ1) is 19.6. The van der Waals surface area contributed by atoms with Crippen molar-refractivity contribution in [3.8, 4) is 11.5 Å². The highest BCUT2D eigenvalue weighted by Crippen LogP contribution is 2.27. The Morgan fingerprint density at radius 1 is 0.900 bits per heavy atom. The lowest BCUT2D eigenvalue weighted by Crippen LogP contribution is -2.30. The molecule has 4 aromatic rings. The van der Waals surface area contributed by atoms with Gasteiger partial charge in [-0.3, -0.25) is 4.79 Å². The van der Waals surface area contributed by atoms with Crippen LogP contribution in [-0.4, -0.2) is 20.1 Å². The van der Waals surface area contributed by atoms with Gasteiger partial charge < -0.3 is 19.2 Å². The molecule has 3 aromatic carbocycles. The Kier molecular flexibility index (Phi) is 5.70. The topological polar surface area (TPSA) is 60.7 Å². The number of carbonyl (C=O) groups excluding carboxylic acids is 1. The lowest BCUT2D eigenvalue weighted by atomic mass is 9.98. The molecule has 0 unspecified atom stereocenters. The van der Waals surface area contributed by atoms with E-state index in [1.807, 2.05) is 72.8 Å². The summed E-state index contributed by atoms with van der Waals surface area (Å²) in [5.74, 6) is 1.41. The Hall–Kier alpha value is -3.73. The van der Waals surface area contributed by atoms with Crippen molar-refractivity contribution in [3.63, 3.8) is 0 Å². The fraction of sp³-hybridized carbons (Fsp3) is 0.160. The zero-order valence-electron chi connectivity index (χ0n) is 16.9. The molecule has 1 aromatic heterocycles. The number of amides is 1. The van der Waals surface area contributed by atoms with E-state index in [-0.39, 0.29) is 18.4 Å². The Labute approximate surface area is 175 Å². The van der Waals surface area contributed by atoms with Gasteiger partial charge in [0.15, 0.2) is 0 Å². The summed E-state index contributed by atoms with van der Waals surface area (Å²) < 4.78 is 16.1. The summed E-state index contributed by atoms with van der Waals surface area (Å²) in [5, 5.41) is 4.08. The van der Waals surface area contributed by atoms with Crippen molar-refractivity contribution in [1.29, 1.82) is 0 Å². The molecule has 152 valence electrons. The summed E-state index contributed by atoms with van der Waals surface area (Å²) in [5.41, 5.74) is 3.54. The zero-order chi connectivity index (χ0) is 20.9. The highest BCUT2D eigenvalue weighted by atomic mass is 16.5. The van der Waals surface area contributed by atoms with E-state index in [1.54, 1.807) is 20.5 Å². The average molecular weight is 401 g/mol. The SMILES string of the molecule is COc1ccc([C@H](NC(=O)Cc2coc3cc(OC)ccc23)c2ccccc2)cc1. The van der Waals surface area contributed by atoms with Crippen LogP contribution in [0.2, 0.25) is 0 Å². The minimum Gasteiger partial charge on any atom is -0.497 e. The Bertz CT molecular complexity index is 1130. The van der Waals surface area contributed by atoms with Gasteiger partial charge in [-0.2, -0.15) is 0 Å².